The normalized spacial score (nSPS) is 17.9. The largest absolute Gasteiger partial charge is 0.481 e. The van der Waals surface area contributed by atoms with Crippen molar-refractivity contribution in [2.75, 3.05) is 13.2 Å². The minimum Gasteiger partial charge on any atom is -0.481 e. The molecule has 1 aromatic heterocycles. The van der Waals surface area contributed by atoms with Gasteiger partial charge >= 0.3 is 12.1 Å². The van der Waals surface area contributed by atoms with Gasteiger partial charge in [-0.05, 0) is 41.5 Å². The van der Waals surface area contributed by atoms with Gasteiger partial charge in [-0.25, -0.2) is 9.78 Å². The zero-order chi connectivity index (χ0) is 24.5. The second kappa shape index (κ2) is 9.50. The number of nitrogens with zero attached hydrogens (tertiary/aromatic N) is 1. The lowest BCUT2D eigenvalue weighted by Gasteiger charge is -2.14. The molecule has 1 heterocycles. The fourth-order valence-corrected chi connectivity index (χ4v) is 5.49. The van der Waals surface area contributed by atoms with E-state index in [-0.39, 0.29) is 36.8 Å². The monoisotopic (exact) mass is 491 g/mol. The van der Waals surface area contributed by atoms with E-state index in [1.165, 1.54) is 22.5 Å². The first kappa shape index (κ1) is 23.0. The van der Waals surface area contributed by atoms with Crippen molar-refractivity contribution in [2.24, 2.45) is 11.8 Å². The van der Waals surface area contributed by atoms with Gasteiger partial charge in [0.15, 0.2) is 0 Å². The number of hydrogen-bond acceptors (Lipinski definition) is 6. The van der Waals surface area contributed by atoms with Crippen molar-refractivity contribution in [1.29, 1.82) is 0 Å². The highest BCUT2D eigenvalue weighted by molar-refractivity contribution is 7.11. The van der Waals surface area contributed by atoms with E-state index >= 15 is 0 Å². The first-order valence-corrected chi connectivity index (χ1v) is 12.3. The Bertz CT molecular complexity index is 1260. The average Bonchev–Trinajstić information content (AvgIpc) is 3.45. The Labute approximate surface area is 206 Å². The van der Waals surface area contributed by atoms with Crippen LogP contribution in [0.25, 0.3) is 11.1 Å². The Balaban J connectivity index is 1.13. The standard InChI is InChI=1S/C26H25N3O5S/c1-14-23(24(30)27-11-15-10-20(15)25(31)32)29-22(35-14)12-28-26(33)34-13-21-18-8-4-2-6-16(18)17-7-3-5-9-19(17)21/h2-9,15,20-21H,10-13H2,1H3,(H,27,30)(H,28,33)(H,31,32)/t15-,20-/m0/s1. The lowest BCUT2D eigenvalue weighted by atomic mass is 9.98. The summed E-state index contributed by atoms with van der Waals surface area (Å²) in [5.41, 5.74) is 4.93. The fourth-order valence-electron chi connectivity index (χ4n) is 4.62. The van der Waals surface area contributed by atoms with E-state index in [1.807, 2.05) is 24.3 Å². The zero-order valence-electron chi connectivity index (χ0n) is 19.1. The van der Waals surface area contributed by atoms with Crippen LogP contribution >= 0.6 is 11.3 Å². The number of ether oxygens (including phenoxy) is 1. The van der Waals surface area contributed by atoms with E-state index in [2.05, 4.69) is 39.9 Å². The zero-order valence-corrected chi connectivity index (χ0v) is 19.9. The van der Waals surface area contributed by atoms with Gasteiger partial charge in [0, 0.05) is 17.3 Å². The summed E-state index contributed by atoms with van der Waals surface area (Å²) in [6, 6.07) is 16.3. The van der Waals surface area contributed by atoms with E-state index < -0.39 is 12.1 Å². The van der Waals surface area contributed by atoms with E-state index in [9.17, 15) is 14.4 Å². The molecule has 0 bridgehead atoms. The van der Waals surface area contributed by atoms with Crippen LogP contribution in [0.4, 0.5) is 4.79 Å². The first-order valence-electron chi connectivity index (χ1n) is 11.5. The molecule has 1 saturated carbocycles. The van der Waals surface area contributed by atoms with Crippen LogP contribution in [0.5, 0.6) is 0 Å². The number of carbonyl (C=O) groups is 3. The first-order chi connectivity index (χ1) is 16.9. The number of rotatable bonds is 8. The highest BCUT2D eigenvalue weighted by Crippen LogP contribution is 2.44. The lowest BCUT2D eigenvalue weighted by molar-refractivity contribution is -0.138. The Morgan fingerprint density at radius 1 is 1.06 bits per heavy atom. The number of hydrogen-bond donors (Lipinski definition) is 3. The van der Waals surface area contributed by atoms with Crippen molar-refractivity contribution >= 4 is 29.3 Å². The number of aryl methyl sites for hydroxylation is 1. The maximum Gasteiger partial charge on any atom is 0.407 e. The van der Waals surface area contributed by atoms with E-state index in [4.69, 9.17) is 9.84 Å². The summed E-state index contributed by atoms with van der Waals surface area (Å²) in [5.74, 6) is -1.57. The Morgan fingerprint density at radius 2 is 1.71 bits per heavy atom. The molecule has 3 N–H and O–H groups in total. The summed E-state index contributed by atoms with van der Waals surface area (Å²) >= 11 is 1.33. The van der Waals surface area contributed by atoms with Crippen LogP contribution in [-0.4, -0.2) is 41.2 Å². The van der Waals surface area contributed by atoms with Gasteiger partial charge in [-0.1, -0.05) is 48.5 Å². The summed E-state index contributed by atoms with van der Waals surface area (Å²) in [5, 5.41) is 15.1. The molecule has 180 valence electrons. The highest BCUT2D eigenvalue weighted by atomic mass is 32.1. The van der Waals surface area contributed by atoms with Gasteiger partial charge in [0.2, 0.25) is 0 Å². The third-order valence-corrected chi connectivity index (χ3v) is 7.52. The molecule has 2 atom stereocenters. The van der Waals surface area contributed by atoms with E-state index in [0.717, 1.165) is 16.0 Å². The van der Waals surface area contributed by atoms with Gasteiger partial charge in [-0.2, -0.15) is 0 Å². The molecular formula is C26H25N3O5S. The molecule has 2 aromatic carbocycles. The summed E-state index contributed by atoms with van der Waals surface area (Å²) in [4.78, 5) is 40.9. The maximum atomic E-state index is 12.5. The average molecular weight is 492 g/mol. The van der Waals surface area contributed by atoms with Crippen molar-refractivity contribution in [3.05, 3.63) is 75.2 Å². The molecule has 0 radical (unpaired) electrons. The van der Waals surface area contributed by atoms with Crippen molar-refractivity contribution in [3.8, 4) is 11.1 Å². The molecular weight excluding hydrogens is 466 g/mol. The Morgan fingerprint density at radius 3 is 2.34 bits per heavy atom. The molecule has 8 nitrogen and oxygen atoms in total. The SMILES string of the molecule is Cc1sc(CNC(=O)OCC2c3ccccc3-c3ccccc32)nc1C(=O)NC[C@@H]1C[C@@H]1C(=O)O. The van der Waals surface area contributed by atoms with Crippen molar-refractivity contribution in [2.45, 2.75) is 25.8 Å². The summed E-state index contributed by atoms with van der Waals surface area (Å²) in [6.07, 6.45) is 0.0419. The van der Waals surface area contributed by atoms with E-state index in [0.29, 0.717) is 23.7 Å². The molecule has 3 aromatic rings. The molecule has 2 amide bonds. The van der Waals surface area contributed by atoms with Crippen molar-refractivity contribution < 1.29 is 24.2 Å². The van der Waals surface area contributed by atoms with Crippen molar-refractivity contribution in [3.63, 3.8) is 0 Å². The molecule has 35 heavy (non-hydrogen) atoms. The van der Waals surface area contributed by atoms with E-state index in [1.54, 1.807) is 6.92 Å². The second-order valence-electron chi connectivity index (χ2n) is 8.84. The minimum absolute atomic E-state index is 0.0160. The number of benzene rings is 2. The third kappa shape index (κ3) is 4.77. The predicted octanol–water partition coefficient (Wildman–Crippen LogP) is 3.94. The molecule has 1 fully saturated rings. The van der Waals surface area contributed by atoms with Gasteiger partial charge in [0.1, 0.15) is 17.3 Å². The van der Waals surface area contributed by atoms with Gasteiger partial charge in [0.25, 0.3) is 5.91 Å². The fraction of sp³-hybridized carbons (Fsp3) is 0.308. The molecule has 5 rings (SSSR count). The van der Waals surface area contributed by atoms with Gasteiger partial charge in [-0.15, -0.1) is 11.3 Å². The smallest absolute Gasteiger partial charge is 0.407 e. The predicted molar refractivity (Wildman–Crippen MR) is 130 cm³/mol. The van der Waals surface area contributed by atoms with Crippen LogP contribution in [-0.2, 0) is 16.1 Å². The van der Waals surface area contributed by atoms with Crippen LogP contribution in [0.1, 0.15) is 43.8 Å². The third-order valence-electron chi connectivity index (χ3n) is 6.55. The number of carboxylic acid groups (broad SMARTS) is 1. The topological polar surface area (TPSA) is 118 Å². The molecule has 0 spiro atoms. The van der Waals surface area contributed by atoms with Crippen LogP contribution in [0.3, 0.4) is 0 Å². The summed E-state index contributed by atoms with van der Waals surface area (Å²) in [6.45, 7) is 2.49. The number of nitrogens with one attached hydrogen (secondary N) is 2. The Kier molecular flexibility index (Phi) is 6.25. The van der Waals surface area contributed by atoms with Crippen LogP contribution < -0.4 is 10.6 Å². The van der Waals surface area contributed by atoms with Crippen molar-refractivity contribution in [1.82, 2.24) is 15.6 Å². The second-order valence-corrected chi connectivity index (χ2v) is 10.1. The van der Waals surface area contributed by atoms with Crippen LogP contribution in [0, 0.1) is 18.8 Å². The number of fused-ring (bicyclic) bond motifs is 3. The lowest BCUT2D eigenvalue weighted by Crippen LogP contribution is -2.28. The number of thiazole rings is 1. The summed E-state index contributed by atoms with van der Waals surface area (Å²) < 4.78 is 5.55. The summed E-state index contributed by atoms with van der Waals surface area (Å²) in [7, 11) is 0. The number of aromatic nitrogens is 1. The maximum absolute atomic E-state index is 12.5. The number of carboxylic acids is 1. The van der Waals surface area contributed by atoms with Gasteiger partial charge in [0.05, 0.1) is 12.5 Å². The molecule has 2 aliphatic carbocycles. The Hall–Kier alpha value is -3.72. The molecule has 0 aliphatic heterocycles. The quantitative estimate of drug-likeness (QED) is 0.439. The number of carbonyl (C=O) groups excluding carboxylic acids is 2. The minimum atomic E-state index is -0.823. The molecule has 0 saturated heterocycles. The molecule has 9 heteroatoms. The van der Waals surface area contributed by atoms with Crippen LogP contribution in [0.2, 0.25) is 0 Å². The number of alkyl carbamates (subject to hydrolysis) is 1. The van der Waals surface area contributed by atoms with Gasteiger partial charge < -0.3 is 20.5 Å². The number of amides is 2. The molecule has 0 unspecified atom stereocenters. The van der Waals surface area contributed by atoms with Crippen LogP contribution in [0.15, 0.2) is 48.5 Å². The van der Waals surface area contributed by atoms with Gasteiger partial charge in [-0.3, -0.25) is 9.59 Å². The molecule has 2 aliphatic rings. The number of aliphatic carboxylic acids is 1. The highest BCUT2D eigenvalue weighted by Gasteiger charge is 2.43.